The number of fused-ring (bicyclic) bond motifs is 1. The van der Waals surface area contributed by atoms with Gasteiger partial charge in [0.05, 0.1) is 11.3 Å². The first-order valence-corrected chi connectivity index (χ1v) is 10.4. The lowest BCUT2D eigenvalue weighted by Gasteiger charge is -2.09. The van der Waals surface area contributed by atoms with Crippen LogP contribution in [0.2, 0.25) is 0 Å². The van der Waals surface area contributed by atoms with Crippen LogP contribution in [0, 0.1) is 26.6 Å². The average molecular weight is 440 g/mol. The summed E-state index contributed by atoms with van der Waals surface area (Å²) in [5, 5.41) is 7.39. The Morgan fingerprint density at radius 2 is 1.79 bits per heavy atom. The Morgan fingerprint density at radius 1 is 1.00 bits per heavy atom. The molecule has 0 radical (unpaired) electrons. The van der Waals surface area contributed by atoms with Gasteiger partial charge in [0, 0.05) is 23.7 Å². The van der Waals surface area contributed by atoms with Gasteiger partial charge in [-0.1, -0.05) is 0 Å². The van der Waals surface area contributed by atoms with E-state index in [1.165, 1.54) is 18.3 Å². The molecule has 0 aliphatic carbocycles. The van der Waals surface area contributed by atoms with Crippen molar-refractivity contribution in [1.82, 2.24) is 24.1 Å². The molecule has 4 aromatic heterocycles. The van der Waals surface area contributed by atoms with Crippen LogP contribution in [0.3, 0.4) is 0 Å². The molecule has 1 aromatic carbocycles. The van der Waals surface area contributed by atoms with E-state index in [9.17, 15) is 9.18 Å². The number of carbonyl (C=O) groups excluding carboxylic acids is 1. The predicted octanol–water partition coefficient (Wildman–Crippen LogP) is 4.90. The second-order valence-corrected chi connectivity index (χ2v) is 7.95. The highest BCUT2D eigenvalue weighted by Gasteiger charge is 2.18. The van der Waals surface area contributed by atoms with Crippen molar-refractivity contribution in [1.29, 1.82) is 0 Å². The Labute approximate surface area is 189 Å². The van der Waals surface area contributed by atoms with Crippen molar-refractivity contribution in [2.24, 2.45) is 0 Å². The lowest BCUT2D eigenvalue weighted by molar-refractivity contribution is 0.102. The van der Waals surface area contributed by atoms with Crippen molar-refractivity contribution in [3.05, 3.63) is 95.3 Å². The summed E-state index contributed by atoms with van der Waals surface area (Å²) in [7, 11) is 0. The van der Waals surface area contributed by atoms with Crippen molar-refractivity contribution < 1.29 is 9.18 Å². The fraction of sp³-hybridized carbons (Fsp3) is 0.120. The summed E-state index contributed by atoms with van der Waals surface area (Å²) in [5.41, 5.74) is 5.23. The van der Waals surface area contributed by atoms with E-state index in [0.29, 0.717) is 34.1 Å². The first-order chi connectivity index (χ1) is 15.9. The third-order valence-electron chi connectivity index (χ3n) is 5.37. The van der Waals surface area contributed by atoms with Crippen LogP contribution in [0.15, 0.2) is 67.0 Å². The van der Waals surface area contributed by atoms with Gasteiger partial charge in [0.2, 0.25) is 0 Å². The van der Waals surface area contributed by atoms with Crippen LogP contribution in [-0.4, -0.2) is 30.1 Å². The van der Waals surface area contributed by atoms with Gasteiger partial charge in [0.25, 0.3) is 5.91 Å². The summed E-state index contributed by atoms with van der Waals surface area (Å²) >= 11 is 0. The van der Waals surface area contributed by atoms with E-state index in [0.717, 1.165) is 17.0 Å². The number of amides is 1. The lowest BCUT2D eigenvalue weighted by atomic mass is 10.1. The summed E-state index contributed by atoms with van der Waals surface area (Å²) in [4.78, 5) is 22.2. The van der Waals surface area contributed by atoms with Crippen molar-refractivity contribution >= 4 is 17.4 Å². The Kier molecular flexibility index (Phi) is 4.97. The Hall–Kier alpha value is -4.33. The molecule has 5 rings (SSSR count). The number of aromatic nitrogens is 5. The van der Waals surface area contributed by atoms with Gasteiger partial charge < -0.3 is 5.32 Å². The number of nitrogens with zero attached hydrogens (tertiary/aromatic N) is 5. The fourth-order valence-electron chi connectivity index (χ4n) is 3.76. The molecule has 33 heavy (non-hydrogen) atoms. The third-order valence-corrected chi connectivity index (χ3v) is 5.37. The van der Waals surface area contributed by atoms with E-state index in [-0.39, 0.29) is 11.7 Å². The van der Waals surface area contributed by atoms with Crippen LogP contribution in [0.1, 0.15) is 27.3 Å². The lowest BCUT2D eigenvalue weighted by Crippen LogP contribution is -2.15. The molecule has 1 N–H and O–H groups in total. The van der Waals surface area contributed by atoms with Gasteiger partial charge in [-0.3, -0.25) is 9.20 Å². The SMILES string of the molecule is Cc1ccn2c(NC(=O)c3ccc(-n4nc(C)cc4C)nc3)c(-c3ccc(F)cc3)nc2c1. The maximum Gasteiger partial charge on any atom is 0.258 e. The summed E-state index contributed by atoms with van der Waals surface area (Å²) in [6.07, 6.45) is 3.37. The Bertz CT molecular complexity index is 1480. The molecule has 0 unspecified atom stereocenters. The fourth-order valence-corrected chi connectivity index (χ4v) is 3.76. The molecular weight excluding hydrogens is 419 g/mol. The van der Waals surface area contributed by atoms with Crippen molar-refractivity contribution in [3.8, 4) is 17.1 Å². The maximum absolute atomic E-state index is 13.5. The molecular formula is C25H21FN6O. The topological polar surface area (TPSA) is 77.1 Å². The molecule has 4 heterocycles. The number of halogens is 1. The second kappa shape index (κ2) is 7.98. The number of nitrogens with one attached hydrogen (secondary N) is 1. The molecule has 7 nitrogen and oxygen atoms in total. The summed E-state index contributed by atoms with van der Waals surface area (Å²) in [6, 6.07) is 15.3. The first kappa shape index (κ1) is 20.6. The highest BCUT2D eigenvalue weighted by atomic mass is 19.1. The van der Waals surface area contributed by atoms with E-state index in [1.807, 2.05) is 45.2 Å². The smallest absolute Gasteiger partial charge is 0.258 e. The number of carbonyl (C=O) groups is 1. The van der Waals surface area contributed by atoms with Gasteiger partial charge in [0.15, 0.2) is 5.82 Å². The quantitative estimate of drug-likeness (QED) is 0.431. The number of hydrogen-bond acceptors (Lipinski definition) is 4. The van der Waals surface area contributed by atoms with Gasteiger partial charge in [-0.25, -0.2) is 19.0 Å². The Morgan fingerprint density at radius 3 is 2.45 bits per heavy atom. The number of hydrogen-bond donors (Lipinski definition) is 1. The van der Waals surface area contributed by atoms with Crippen LogP contribution in [-0.2, 0) is 0 Å². The molecule has 0 atom stereocenters. The highest BCUT2D eigenvalue weighted by molar-refractivity contribution is 6.05. The van der Waals surface area contributed by atoms with Crippen LogP contribution >= 0.6 is 0 Å². The molecule has 8 heteroatoms. The molecule has 0 spiro atoms. The number of rotatable bonds is 4. The number of benzene rings is 1. The molecule has 1 amide bonds. The third kappa shape index (κ3) is 3.87. The summed E-state index contributed by atoms with van der Waals surface area (Å²) in [6.45, 7) is 5.84. The van der Waals surface area contributed by atoms with E-state index >= 15 is 0 Å². The number of anilines is 1. The summed E-state index contributed by atoms with van der Waals surface area (Å²) in [5.74, 6) is 0.476. The van der Waals surface area contributed by atoms with Gasteiger partial charge in [-0.15, -0.1) is 0 Å². The summed E-state index contributed by atoms with van der Waals surface area (Å²) < 4.78 is 17.0. The second-order valence-electron chi connectivity index (χ2n) is 7.95. The molecule has 0 saturated carbocycles. The standard InChI is InChI=1S/C25H21FN6O/c1-15-10-11-31-22(12-15)28-23(18-4-7-20(26)8-5-18)24(31)29-25(33)19-6-9-21(27-14-19)32-17(3)13-16(2)30-32/h4-14H,1-3H3,(H,29,33). The Balaban J connectivity index is 1.50. The zero-order chi connectivity index (χ0) is 23.1. The first-order valence-electron chi connectivity index (χ1n) is 10.4. The average Bonchev–Trinajstić information content (AvgIpc) is 3.33. The number of imidazole rings is 1. The van der Waals surface area contributed by atoms with Crippen LogP contribution in [0.25, 0.3) is 22.7 Å². The zero-order valence-corrected chi connectivity index (χ0v) is 18.4. The molecule has 5 aromatic rings. The normalized spacial score (nSPS) is 11.2. The van der Waals surface area contributed by atoms with E-state index in [2.05, 4.69) is 20.4 Å². The largest absolute Gasteiger partial charge is 0.306 e. The van der Waals surface area contributed by atoms with Crippen LogP contribution in [0.5, 0.6) is 0 Å². The minimum Gasteiger partial charge on any atom is -0.306 e. The molecule has 0 saturated heterocycles. The monoisotopic (exact) mass is 440 g/mol. The minimum absolute atomic E-state index is 0.326. The molecule has 0 fully saturated rings. The van der Waals surface area contributed by atoms with Crippen LogP contribution < -0.4 is 5.32 Å². The molecule has 0 aliphatic rings. The number of aryl methyl sites for hydroxylation is 3. The van der Waals surface area contributed by atoms with E-state index in [1.54, 1.807) is 33.3 Å². The minimum atomic E-state index is -0.335. The van der Waals surface area contributed by atoms with E-state index in [4.69, 9.17) is 0 Å². The number of pyridine rings is 2. The van der Waals surface area contributed by atoms with Gasteiger partial charge in [-0.05, 0) is 80.9 Å². The van der Waals surface area contributed by atoms with Gasteiger partial charge in [0.1, 0.15) is 23.0 Å². The predicted molar refractivity (Wildman–Crippen MR) is 124 cm³/mol. The van der Waals surface area contributed by atoms with Crippen molar-refractivity contribution in [3.63, 3.8) is 0 Å². The zero-order valence-electron chi connectivity index (χ0n) is 18.4. The van der Waals surface area contributed by atoms with Gasteiger partial charge in [-0.2, -0.15) is 5.10 Å². The van der Waals surface area contributed by atoms with Crippen molar-refractivity contribution in [2.45, 2.75) is 20.8 Å². The van der Waals surface area contributed by atoms with Crippen LogP contribution in [0.4, 0.5) is 10.2 Å². The molecule has 164 valence electrons. The highest BCUT2D eigenvalue weighted by Crippen LogP contribution is 2.29. The van der Waals surface area contributed by atoms with Crippen molar-refractivity contribution in [2.75, 3.05) is 5.32 Å². The molecule has 0 aliphatic heterocycles. The maximum atomic E-state index is 13.5. The van der Waals surface area contributed by atoms with Gasteiger partial charge >= 0.3 is 0 Å². The molecule has 0 bridgehead atoms. The van der Waals surface area contributed by atoms with E-state index < -0.39 is 0 Å².